The molecule has 3 atom stereocenters. The number of benzene rings is 1. The summed E-state index contributed by atoms with van der Waals surface area (Å²) in [4.78, 5) is 14.5. The quantitative estimate of drug-likeness (QED) is 0.587. The lowest BCUT2D eigenvalue weighted by molar-refractivity contribution is 0.0877. The summed E-state index contributed by atoms with van der Waals surface area (Å²) in [5, 5.41) is 0. The van der Waals surface area contributed by atoms with Crippen LogP contribution in [0, 0.1) is 11.7 Å². The number of halogens is 1. The molecule has 0 bridgehead atoms. The lowest BCUT2D eigenvalue weighted by Gasteiger charge is -2.29. The number of anilines is 1. The monoisotopic (exact) mass is 405 g/mol. The summed E-state index contributed by atoms with van der Waals surface area (Å²) >= 11 is 0. The minimum Gasteiger partial charge on any atom is -0.443 e. The van der Waals surface area contributed by atoms with Gasteiger partial charge in [0, 0.05) is 18.4 Å². The number of hydrogen-bond donors (Lipinski definition) is 0. The molecule has 1 saturated carbocycles. The molecule has 1 aliphatic carbocycles. The van der Waals surface area contributed by atoms with Gasteiger partial charge in [-0.05, 0) is 42.9 Å². The molecule has 3 unspecified atom stereocenters. The number of amides is 1. The van der Waals surface area contributed by atoms with Crippen molar-refractivity contribution < 1.29 is 18.7 Å². The van der Waals surface area contributed by atoms with Crippen molar-refractivity contribution in [2.45, 2.75) is 83.7 Å². The number of carbonyl (C=O) groups is 1. The first-order chi connectivity index (χ1) is 14.0. The Morgan fingerprint density at radius 3 is 2.72 bits per heavy atom. The Kier molecular flexibility index (Phi) is 7.55. The minimum absolute atomic E-state index is 0.0574. The number of ether oxygens (including phenoxy) is 2. The van der Waals surface area contributed by atoms with Gasteiger partial charge >= 0.3 is 6.09 Å². The standard InChI is InChI=1S/C21H28FNO3.C3H8/c1-2-15-4-3-9-21(10-7-15)14-23(19-12-16(22)5-6-18(19)21)20(24)26-17-8-11-25-13-17;1-3-2/h5-6,12,15,17H,2-4,7-11,13-14H2,1H3;3H2,1-2H3. The van der Waals surface area contributed by atoms with Crippen molar-refractivity contribution >= 4 is 11.8 Å². The van der Waals surface area contributed by atoms with Crippen LogP contribution >= 0.6 is 0 Å². The maximum atomic E-state index is 14.0. The van der Waals surface area contributed by atoms with Crippen LogP contribution in [0.3, 0.4) is 0 Å². The smallest absolute Gasteiger partial charge is 0.414 e. The molecule has 29 heavy (non-hydrogen) atoms. The fourth-order valence-corrected chi connectivity index (χ4v) is 4.94. The van der Waals surface area contributed by atoms with E-state index in [9.17, 15) is 9.18 Å². The highest BCUT2D eigenvalue weighted by Crippen LogP contribution is 2.50. The fourth-order valence-electron chi connectivity index (χ4n) is 4.94. The second kappa shape index (κ2) is 9.92. The average molecular weight is 406 g/mol. The fraction of sp³-hybridized carbons (Fsp3) is 0.708. The molecule has 0 radical (unpaired) electrons. The summed E-state index contributed by atoms with van der Waals surface area (Å²) in [6.07, 6.45) is 8.34. The van der Waals surface area contributed by atoms with E-state index in [1.807, 2.05) is 6.07 Å². The highest BCUT2D eigenvalue weighted by Gasteiger charge is 2.46. The van der Waals surface area contributed by atoms with Gasteiger partial charge < -0.3 is 9.47 Å². The lowest BCUT2D eigenvalue weighted by atomic mass is 9.75. The normalized spacial score (nSPS) is 28.5. The Labute approximate surface area is 174 Å². The molecular formula is C24H36FNO3. The Balaban J connectivity index is 0.000000755. The van der Waals surface area contributed by atoms with Gasteiger partial charge in [0.25, 0.3) is 0 Å². The second-order valence-corrected chi connectivity index (χ2v) is 8.81. The van der Waals surface area contributed by atoms with Gasteiger partial charge in [0.2, 0.25) is 0 Å². The van der Waals surface area contributed by atoms with Crippen molar-refractivity contribution in [2.24, 2.45) is 5.92 Å². The largest absolute Gasteiger partial charge is 0.443 e. The molecule has 1 aromatic rings. The first kappa shape index (κ1) is 22.1. The van der Waals surface area contributed by atoms with Gasteiger partial charge in [-0.25, -0.2) is 9.18 Å². The Bertz CT molecular complexity index is 689. The molecule has 2 fully saturated rings. The van der Waals surface area contributed by atoms with Crippen LogP contribution in [0.5, 0.6) is 0 Å². The molecule has 5 heteroatoms. The van der Waals surface area contributed by atoms with Crippen molar-refractivity contribution in [3.05, 3.63) is 29.6 Å². The predicted molar refractivity (Wildman–Crippen MR) is 114 cm³/mol. The van der Waals surface area contributed by atoms with E-state index in [-0.39, 0.29) is 23.4 Å². The molecule has 2 heterocycles. The van der Waals surface area contributed by atoms with Gasteiger partial charge in [-0.2, -0.15) is 0 Å². The summed E-state index contributed by atoms with van der Waals surface area (Å²) in [5.41, 5.74) is 1.76. The van der Waals surface area contributed by atoms with E-state index < -0.39 is 0 Å². The lowest BCUT2D eigenvalue weighted by Crippen LogP contribution is -2.38. The zero-order valence-corrected chi connectivity index (χ0v) is 18.2. The second-order valence-electron chi connectivity index (χ2n) is 8.81. The highest BCUT2D eigenvalue weighted by atomic mass is 19.1. The molecule has 1 saturated heterocycles. The maximum absolute atomic E-state index is 14.0. The molecule has 4 rings (SSSR count). The van der Waals surface area contributed by atoms with E-state index in [2.05, 4.69) is 20.8 Å². The number of fused-ring (bicyclic) bond motifs is 2. The molecule has 4 nitrogen and oxygen atoms in total. The predicted octanol–water partition coefficient (Wildman–Crippen LogP) is 6.22. The molecule has 1 aromatic carbocycles. The molecular weight excluding hydrogens is 369 g/mol. The van der Waals surface area contributed by atoms with E-state index in [1.165, 1.54) is 37.8 Å². The Morgan fingerprint density at radius 2 is 2.03 bits per heavy atom. The van der Waals surface area contributed by atoms with Crippen LogP contribution in [0.1, 0.15) is 77.7 Å². The molecule has 0 N–H and O–H groups in total. The molecule has 1 spiro atoms. The van der Waals surface area contributed by atoms with E-state index >= 15 is 0 Å². The molecule has 0 aromatic heterocycles. The number of nitrogens with zero attached hydrogens (tertiary/aromatic N) is 1. The van der Waals surface area contributed by atoms with Gasteiger partial charge in [-0.15, -0.1) is 0 Å². The number of hydrogen-bond acceptors (Lipinski definition) is 3. The van der Waals surface area contributed by atoms with Crippen LogP contribution in [-0.2, 0) is 14.9 Å². The van der Waals surface area contributed by atoms with Crippen LogP contribution < -0.4 is 4.90 Å². The highest BCUT2D eigenvalue weighted by molar-refractivity contribution is 5.91. The van der Waals surface area contributed by atoms with Crippen molar-refractivity contribution in [1.29, 1.82) is 0 Å². The van der Waals surface area contributed by atoms with Gasteiger partial charge in [0.1, 0.15) is 11.9 Å². The minimum atomic E-state index is -0.361. The zero-order chi connectivity index (χ0) is 20.9. The van der Waals surface area contributed by atoms with Gasteiger partial charge in [0.15, 0.2) is 0 Å². The Morgan fingerprint density at radius 1 is 1.24 bits per heavy atom. The molecule has 1 amide bonds. The number of rotatable bonds is 2. The SMILES string of the molecule is CCC.CCC1CCCC2(CC1)CN(C(=O)OC1CCOC1)c1cc(F)ccc12. The summed E-state index contributed by atoms with van der Waals surface area (Å²) in [6.45, 7) is 8.20. The summed E-state index contributed by atoms with van der Waals surface area (Å²) in [6, 6.07) is 4.92. The average Bonchev–Trinajstić information content (AvgIpc) is 3.25. The van der Waals surface area contributed by atoms with Gasteiger partial charge in [0.05, 0.1) is 18.9 Å². The van der Waals surface area contributed by atoms with Crippen LogP contribution in [0.25, 0.3) is 0 Å². The van der Waals surface area contributed by atoms with Gasteiger partial charge in [-0.1, -0.05) is 52.5 Å². The molecule has 2 aliphatic heterocycles. The van der Waals surface area contributed by atoms with Crippen molar-refractivity contribution in [3.8, 4) is 0 Å². The van der Waals surface area contributed by atoms with E-state index in [0.29, 0.717) is 25.4 Å². The summed E-state index contributed by atoms with van der Waals surface area (Å²) in [7, 11) is 0. The number of carbonyl (C=O) groups excluding carboxylic acids is 1. The molecule has 3 aliphatic rings. The van der Waals surface area contributed by atoms with Crippen molar-refractivity contribution in [1.82, 2.24) is 0 Å². The molecule has 162 valence electrons. The third-order valence-corrected chi connectivity index (χ3v) is 6.53. The third kappa shape index (κ3) is 4.93. The summed E-state index contributed by atoms with van der Waals surface area (Å²) in [5.74, 6) is 0.456. The van der Waals surface area contributed by atoms with E-state index in [4.69, 9.17) is 9.47 Å². The zero-order valence-electron chi connectivity index (χ0n) is 18.2. The topological polar surface area (TPSA) is 38.8 Å². The first-order valence-corrected chi connectivity index (χ1v) is 11.4. The van der Waals surface area contributed by atoms with Crippen LogP contribution in [-0.4, -0.2) is 32.0 Å². The summed E-state index contributed by atoms with van der Waals surface area (Å²) < 4.78 is 24.9. The van der Waals surface area contributed by atoms with Crippen LogP contribution in [0.4, 0.5) is 14.9 Å². The van der Waals surface area contributed by atoms with E-state index in [1.54, 1.807) is 4.90 Å². The van der Waals surface area contributed by atoms with E-state index in [0.717, 1.165) is 37.2 Å². The van der Waals surface area contributed by atoms with Crippen molar-refractivity contribution in [3.63, 3.8) is 0 Å². The maximum Gasteiger partial charge on any atom is 0.414 e. The van der Waals surface area contributed by atoms with Crippen molar-refractivity contribution in [2.75, 3.05) is 24.7 Å². The van der Waals surface area contributed by atoms with Gasteiger partial charge in [-0.3, -0.25) is 4.90 Å². The first-order valence-electron chi connectivity index (χ1n) is 11.4. The van der Waals surface area contributed by atoms with Crippen LogP contribution in [0.2, 0.25) is 0 Å². The Hall–Kier alpha value is -1.62. The third-order valence-electron chi connectivity index (χ3n) is 6.53. The van der Waals surface area contributed by atoms with Crippen LogP contribution in [0.15, 0.2) is 18.2 Å².